The van der Waals surface area contributed by atoms with E-state index in [9.17, 15) is 4.39 Å². The van der Waals surface area contributed by atoms with Crippen LogP contribution < -0.4 is 4.74 Å². The summed E-state index contributed by atoms with van der Waals surface area (Å²) in [6, 6.07) is 13.1. The van der Waals surface area contributed by atoms with Crippen LogP contribution in [0.5, 0.6) is 5.75 Å². The van der Waals surface area contributed by atoms with E-state index in [2.05, 4.69) is 5.10 Å². The quantitative estimate of drug-likeness (QED) is 0.699. The van der Waals surface area contributed by atoms with E-state index < -0.39 is 0 Å². The lowest BCUT2D eigenvalue weighted by Crippen LogP contribution is -1.99. The maximum Gasteiger partial charge on any atom is 0.165 e. The number of benzene rings is 2. The Morgan fingerprint density at radius 1 is 1.04 bits per heavy atom. The van der Waals surface area contributed by atoms with Gasteiger partial charge < -0.3 is 4.74 Å². The maximum absolute atomic E-state index is 14.1. The third-order valence-corrected chi connectivity index (χ3v) is 3.74. The number of hydrogen-bond donors (Lipinski definition) is 0. The molecule has 118 valence electrons. The van der Waals surface area contributed by atoms with Crippen LogP contribution in [0.2, 0.25) is 0 Å². The molecule has 0 saturated carbocycles. The Labute approximate surface area is 135 Å². The zero-order valence-electron chi connectivity index (χ0n) is 13.5. The van der Waals surface area contributed by atoms with Gasteiger partial charge >= 0.3 is 0 Å². The summed E-state index contributed by atoms with van der Waals surface area (Å²) in [5.41, 5.74) is 4.83. The normalized spacial score (nSPS) is 10.8. The number of halogens is 1. The van der Waals surface area contributed by atoms with Crippen molar-refractivity contribution in [2.75, 3.05) is 6.61 Å². The van der Waals surface area contributed by atoms with Crippen LogP contribution >= 0.6 is 0 Å². The summed E-state index contributed by atoms with van der Waals surface area (Å²) in [5, 5.41) is 4.46. The molecule has 0 fully saturated rings. The molecule has 0 amide bonds. The van der Waals surface area contributed by atoms with Crippen molar-refractivity contribution in [2.24, 2.45) is 0 Å². The van der Waals surface area contributed by atoms with Crippen molar-refractivity contribution in [1.82, 2.24) is 9.78 Å². The average molecular weight is 310 g/mol. The van der Waals surface area contributed by atoms with E-state index in [1.807, 2.05) is 62.0 Å². The van der Waals surface area contributed by atoms with Gasteiger partial charge in [0.1, 0.15) is 0 Å². The summed E-state index contributed by atoms with van der Waals surface area (Å²) >= 11 is 0. The molecule has 1 heterocycles. The molecular formula is C19H19FN2O. The van der Waals surface area contributed by atoms with Gasteiger partial charge in [0.25, 0.3) is 0 Å². The first-order chi connectivity index (χ1) is 11.1. The highest BCUT2D eigenvalue weighted by atomic mass is 19.1. The Hall–Kier alpha value is -2.62. The summed E-state index contributed by atoms with van der Waals surface area (Å²) in [6.45, 7) is 6.28. The van der Waals surface area contributed by atoms with Crippen molar-refractivity contribution in [3.05, 3.63) is 65.7 Å². The minimum Gasteiger partial charge on any atom is -0.491 e. The second kappa shape index (κ2) is 6.24. The lowest BCUT2D eigenvalue weighted by Gasteiger charge is -2.11. The van der Waals surface area contributed by atoms with Gasteiger partial charge in [0.2, 0.25) is 0 Å². The summed E-state index contributed by atoms with van der Waals surface area (Å²) in [7, 11) is 0. The minimum atomic E-state index is -0.346. The number of nitrogens with zero attached hydrogens (tertiary/aromatic N) is 2. The third kappa shape index (κ3) is 3.11. The van der Waals surface area contributed by atoms with Crippen LogP contribution in [0.4, 0.5) is 4.39 Å². The maximum atomic E-state index is 14.1. The first kappa shape index (κ1) is 15.3. The second-order valence-electron chi connectivity index (χ2n) is 5.48. The molecular weight excluding hydrogens is 291 g/mol. The summed E-state index contributed by atoms with van der Waals surface area (Å²) in [6.07, 6.45) is 1.93. The number of ether oxygens (including phenoxy) is 1. The molecule has 3 rings (SSSR count). The third-order valence-electron chi connectivity index (χ3n) is 3.74. The van der Waals surface area contributed by atoms with Gasteiger partial charge in [0.05, 0.1) is 18.0 Å². The predicted molar refractivity (Wildman–Crippen MR) is 89.6 cm³/mol. The summed E-state index contributed by atoms with van der Waals surface area (Å²) < 4.78 is 21.2. The van der Waals surface area contributed by atoms with E-state index in [0.29, 0.717) is 6.61 Å². The number of aromatic nitrogens is 2. The highest BCUT2D eigenvalue weighted by Crippen LogP contribution is 2.28. The van der Waals surface area contributed by atoms with Gasteiger partial charge in [-0.1, -0.05) is 18.2 Å². The first-order valence-electron chi connectivity index (χ1n) is 7.64. The molecule has 0 aliphatic heterocycles. The molecule has 0 N–H and O–H groups in total. The van der Waals surface area contributed by atoms with E-state index in [0.717, 1.165) is 28.1 Å². The molecule has 2 aromatic carbocycles. The average Bonchev–Trinajstić information content (AvgIpc) is 2.96. The lowest BCUT2D eigenvalue weighted by molar-refractivity contribution is 0.321. The van der Waals surface area contributed by atoms with Crippen LogP contribution in [-0.4, -0.2) is 16.4 Å². The van der Waals surface area contributed by atoms with Crippen LogP contribution in [0.1, 0.15) is 18.2 Å². The fraction of sp³-hybridized carbons (Fsp3) is 0.211. The number of hydrogen-bond acceptors (Lipinski definition) is 2. The summed E-state index contributed by atoms with van der Waals surface area (Å²) in [5.74, 6) is -0.0623. The largest absolute Gasteiger partial charge is 0.491 e. The molecule has 1 aromatic heterocycles. The molecule has 23 heavy (non-hydrogen) atoms. The van der Waals surface area contributed by atoms with Gasteiger partial charge in [-0.05, 0) is 61.7 Å². The topological polar surface area (TPSA) is 27.1 Å². The fourth-order valence-electron chi connectivity index (χ4n) is 2.54. The van der Waals surface area contributed by atoms with E-state index >= 15 is 0 Å². The van der Waals surface area contributed by atoms with Gasteiger partial charge in [-0.15, -0.1) is 0 Å². The Kier molecular flexibility index (Phi) is 4.15. The van der Waals surface area contributed by atoms with Crippen molar-refractivity contribution in [2.45, 2.75) is 20.8 Å². The van der Waals surface area contributed by atoms with Gasteiger partial charge in [0, 0.05) is 6.20 Å². The molecule has 3 aromatic rings. The Bertz CT molecular complexity index is 839. The van der Waals surface area contributed by atoms with E-state index in [1.165, 1.54) is 6.07 Å². The fourth-order valence-corrected chi connectivity index (χ4v) is 2.54. The van der Waals surface area contributed by atoms with Crippen LogP contribution in [0, 0.1) is 19.7 Å². The molecule has 0 aliphatic rings. The molecule has 0 saturated heterocycles. The number of rotatable bonds is 4. The van der Waals surface area contributed by atoms with Gasteiger partial charge in [-0.25, -0.2) is 9.07 Å². The molecule has 0 spiro atoms. The monoisotopic (exact) mass is 310 g/mol. The Morgan fingerprint density at radius 3 is 2.43 bits per heavy atom. The first-order valence-corrected chi connectivity index (χ1v) is 7.64. The molecule has 0 atom stereocenters. The van der Waals surface area contributed by atoms with E-state index in [4.69, 9.17) is 4.74 Å². The zero-order chi connectivity index (χ0) is 16.4. The van der Waals surface area contributed by atoms with Gasteiger partial charge in [0.15, 0.2) is 11.6 Å². The Balaban J connectivity index is 2.02. The van der Waals surface area contributed by atoms with Crippen LogP contribution in [-0.2, 0) is 0 Å². The van der Waals surface area contributed by atoms with E-state index in [1.54, 1.807) is 6.07 Å². The number of aryl methyl sites for hydroxylation is 2. The molecule has 0 bridgehead atoms. The van der Waals surface area contributed by atoms with Crippen molar-refractivity contribution >= 4 is 0 Å². The van der Waals surface area contributed by atoms with Crippen molar-refractivity contribution in [3.63, 3.8) is 0 Å². The standard InChI is InChI=1S/C19H19FN2O/c1-4-23-19-8-7-15(11-17(19)20)16-6-5-13(2)18(12-16)22-10-9-14(3)21-22/h5-12H,4H2,1-3H3. The van der Waals surface area contributed by atoms with Gasteiger partial charge in [-0.2, -0.15) is 5.10 Å². The Morgan fingerprint density at radius 2 is 1.78 bits per heavy atom. The smallest absolute Gasteiger partial charge is 0.165 e. The van der Waals surface area contributed by atoms with Crippen LogP contribution in [0.15, 0.2) is 48.7 Å². The molecule has 0 aliphatic carbocycles. The highest BCUT2D eigenvalue weighted by molar-refractivity contribution is 5.68. The summed E-state index contributed by atoms with van der Waals surface area (Å²) in [4.78, 5) is 0. The molecule has 4 heteroatoms. The predicted octanol–water partition coefficient (Wildman–Crippen LogP) is 4.69. The van der Waals surface area contributed by atoms with Crippen LogP contribution in [0.3, 0.4) is 0 Å². The SMILES string of the molecule is CCOc1ccc(-c2ccc(C)c(-n3ccc(C)n3)c2)cc1F. The van der Waals surface area contributed by atoms with E-state index in [-0.39, 0.29) is 11.6 Å². The lowest BCUT2D eigenvalue weighted by atomic mass is 10.0. The van der Waals surface area contributed by atoms with Gasteiger partial charge in [-0.3, -0.25) is 0 Å². The highest BCUT2D eigenvalue weighted by Gasteiger charge is 2.09. The van der Waals surface area contributed by atoms with Crippen molar-refractivity contribution in [3.8, 4) is 22.6 Å². The van der Waals surface area contributed by atoms with Crippen LogP contribution in [0.25, 0.3) is 16.8 Å². The zero-order valence-corrected chi connectivity index (χ0v) is 13.5. The second-order valence-corrected chi connectivity index (χ2v) is 5.48. The van der Waals surface area contributed by atoms with Crippen molar-refractivity contribution < 1.29 is 9.13 Å². The van der Waals surface area contributed by atoms with Crippen molar-refractivity contribution in [1.29, 1.82) is 0 Å². The molecule has 3 nitrogen and oxygen atoms in total. The molecule has 0 radical (unpaired) electrons. The molecule has 0 unspecified atom stereocenters. The minimum absolute atomic E-state index is 0.284.